The van der Waals surface area contributed by atoms with Crippen LogP contribution < -0.4 is 11.3 Å². The maximum Gasteiger partial charge on any atom is 0.251 e. The largest absolute Gasteiger partial charge is 0.324 e. The van der Waals surface area contributed by atoms with Crippen molar-refractivity contribution in [3.05, 3.63) is 68.3 Å². The Morgan fingerprint density at radius 2 is 2.14 bits per heavy atom. The van der Waals surface area contributed by atoms with Crippen molar-refractivity contribution in [1.29, 1.82) is 0 Å². The van der Waals surface area contributed by atoms with E-state index in [4.69, 9.17) is 17.3 Å². The third kappa shape index (κ3) is 2.74. The second-order valence-electron chi connectivity index (χ2n) is 5.39. The molecule has 0 bridgehead atoms. The number of nitrogens with two attached hydrogens (primary N) is 1. The first-order chi connectivity index (χ1) is 10.1. The van der Waals surface area contributed by atoms with Crippen molar-refractivity contribution in [2.75, 3.05) is 0 Å². The summed E-state index contributed by atoms with van der Waals surface area (Å²) >= 11 is 5.92. The summed E-state index contributed by atoms with van der Waals surface area (Å²) in [5, 5.41) is 0.459. The molecule has 2 aromatic rings. The first-order valence-electron chi connectivity index (χ1n) is 6.98. The lowest BCUT2D eigenvalue weighted by Gasteiger charge is -2.25. The van der Waals surface area contributed by atoms with Crippen LogP contribution >= 0.6 is 11.6 Å². The van der Waals surface area contributed by atoms with E-state index in [9.17, 15) is 9.18 Å². The number of halogens is 2. The molecule has 0 radical (unpaired) electrons. The zero-order valence-corrected chi connectivity index (χ0v) is 12.2. The molecule has 21 heavy (non-hydrogen) atoms. The van der Waals surface area contributed by atoms with Crippen molar-refractivity contribution in [1.82, 2.24) is 4.57 Å². The molecule has 0 aliphatic heterocycles. The van der Waals surface area contributed by atoms with Crippen LogP contribution in [-0.2, 0) is 13.0 Å². The molecule has 3 nitrogen and oxygen atoms in total. The minimum absolute atomic E-state index is 0.0511. The third-order valence-electron chi connectivity index (χ3n) is 3.99. The normalized spacial score (nSPS) is 17.6. The SMILES string of the molecule is NC1CCCc2c1ccc(=O)n2Cc1cc(Cl)ccc1F. The highest BCUT2D eigenvalue weighted by atomic mass is 35.5. The number of pyridine rings is 1. The standard InChI is InChI=1S/C16H16ClFN2O/c17-11-4-6-13(18)10(8-11)9-20-15-3-1-2-14(19)12(15)5-7-16(20)21/h4-8,14H,1-3,9,19H2. The highest BCUT2D eigenvalue weighted by Gasteiger charge is 2.20. The van der Waals surface area contributed by atoms with Gasteiger partial charge >= 0.3 is 0 Å². The molecule has 3 rings (SSSR count). The molecule has 110 valence electrons. The van der Waals surface area contributed by atoms with E-state index in [1.165, 1.54) is 18.2 Å². The minimum atomic E-state index is -0.357. The maximum atomic E-state index is 13.9. The molecule has 1 aliphatic carbocycles. The van der Waals surface area contributed by atoms with Crippen LogP contribution in [0.15, 0.2) is 35.1 Å². The topological polar surface area (TPSA) is 48.0 Å². The van der Waals surface area contributed by atoms with Crippen molar-refractivity contribution in [3.63, 3.8) is 0 Å². The van der Waals surface area contributed by atoms with Crippen LogP contribution in [0, 0.1) is 5.82 Å². The molecule has 0 amide bonds. The lowest BCUT2D eigenvalue weighted by Crippen LogP contribution is -2.29. The van der Waals surface area contributed by atoms with Crippen molar-refractivity contribution in [2.24, 2.45) is 5.73 Å². The van der Waals surface area contributed by atoms with Gasteiger partial charge in [-0.05, 0) is 43.0 Å². The van der Waals surface area contributed by atoms with Gasteiger partial charge in [-0.2, -0.15) is 0 Å². The number of hydrogen-bond acceptors (Lipinski definition) is 2. The fourth-order valence-electron chi connectivity index (χ4n) is 2.91. The smallest absolute Gasteiger partial charge is 0.251 e. The molecule has 0 spiro atoms. The Bertz CT molecular complexity index is 742. The van der Waals surface area contributed by atoms with E-state index in [-0.39, 0.29) is 24.0 Å². The highest BCUT2D eigenvalue weighted by molar-refractivity contribution is 6.30. The number of fused-ring (bicyclic) bond motifs is 1. The van der Waals surface area contributed by atoms with Gasteiger partial charge in [-0.25, -0.2) is 4.39 Å². The first-order valence-corrected chi connectivity index (χ1v) is 7.36. The van der Waals surface area contributed by atoms with Crippen LogP contribution in [0.5, 0.6) is 0 Å². The summed E-state index contributed by atoms with van der Waals surface area (Å²) in [6.07, 6.45) is 2.65. The second kappa shape index (κ2) is 5.62. The van der Waals surface area contributed by atoms with E-state index >= 15 is 0 Å². The van der Waals surface area contributed by atoms with Crippen LogP contribution in [0.3, 0.4) is 0 Å². The molecule has 2 N–H and O–H groups in total. The Morgan fingerprint density at radius 1 is 1.33 bits per heavy atom. The lowest BCUT2D eigenvalue weighted by atomic mass is 9.91. The van der Waals surface area contributed by atoms with Crippen LogP contribution in [0.2, 0.25) is 5.02 Å². The Labute approximate surface area is 127 Å². The molecule has 1 unspecified atom stereocenters. The average Bonchev–Trinajstić information content (AvgIpc) is 2.46. The summed E-state index contributed by atoms with van der Waals surface area (Å²) in [5.74, 6) is -0.357. The number of aromatic nitrogens is 1. The number of rotatable bonds is 2. The van der Waals surface area contributed by atoms with E-state index in [0.29, 0.717) is 10.6 Å². The van der Waals surface area contributed by atoms with Gasteiger partial charge in [0.05, 0.1) is 6.54 Å². The van der Waals surface area contributed by atoms with Gasteiger partial charge in [0.1, 0.15) is 5.82 Å². The molecular weight excluding hydrogens is 291 g/mol. The minimum Gasteiger partial charge on any atom is -0.324 e. The molecular formula is C16H16ClFN2O. The molecule has 0 fully saturated rings. The monoisotopic (exact) mass is 306 g/mol. The summed E-state index contributed by atoms with van der Waals surface area (Å²) in [6.45, 7) is 0.182. The number of benzene rings is 1. The number of nitrogens with zero attached hydrogens (tertiary/aromatic N) is 1. The Balaban J connectivity index is 2.08. The van der Waals surface area contributed by atoms with E-state index in [0.717, 1.165) is 30.5 Å². The van der Waals surface area contributed by atoms with Crippen molar-refractivity contribution >= 4 is 11.6 Å². The first kappa shape index (κ1) is 14.3. The maximum absolute atomic E-state index is 13.9. The van der Waals surface area contributed by atoms with Gasteiger partial charge in [-0.15, -0.1) is 0 Å². The zero-order chi connectivity index (χ0) is 15.0. The average molecular weight is 307 g/mol. The molecule has 1 aliphatic rings. The summed E-state index contributed by atoms with van der Waals surface area (Å²) < 4.78 is 15.5. The van der Waals surface area contributed by atoms with Gasteiger partial charge in [-0.3, -0.25) is 4.79 Å². The van der Waals surface area contributed by atoms with Gasteiger partial charge in [0.15, 0.2) is 0 Å². The summed E-state index contributed by atoms with van der Waals surface area (Å²) in [4.78, 5) is 12.2. The predicted octanol–water partition coefficient (Wildman–Crippen LogP) is 3.03. The van der Waals surface area contributed by atoms with Gasteiger partial charge in [0, 0.05) is 28.4 Å². The molecule has 5 heteroatoms. The fourth-order valence-corrected chi connectivity index (χ4v) is 3.10. The van der Waals surface area contributed by atoms with Gasteiger partial charge < -0.3 is 10.3 Å². The van der Waals surface area contributed by atoms with E-state index < -0.39 is 0 Å². The molecule has 1 atom stereocenters. The van der Waals surface area contributed by atoms with E-state index in [1.54, 1.807) is 16.7 Å². The third-order valence-corrected chi connectivity index (χ3v) is 4.23. The quantitative estimate of drug-likeness (QED) is 0.927. The molecule has 0 saturated carbocycles. The van der Waals surface area contributed by atoms with Crippen LogP contribution in [0.25, 0.3) is 0 Å². The Hall–Kier alpha value is -1.65. The highest BCUT2D eigenvalue weighted by Crippen LogP contribution is 2.27. The molecule has 0 saturated heterocycles. The van der Waals surface area contributed by atoms with Crippen LogP contribution in [-0.4, -0.2) is 4.57 Å². The van der Waals surface area contributed by atoms with Crippen molar-refractivity contribution < 1.29 is 4.39 Å². The van der Waals surface area contributed by atoms with Crippen LogP contribution in [0.4, 0.5) is 4.39 Å². The lowest BCUT2D eigenvalue weighted by molar-refractivity contribution is 0.523. The van der Waals surface area contributed by atoms with Crippen molar-refractivity contribution in [2.45, 2.75) is 31.8 Å². The Kier molecular flexibility index (Phi) is 3.83. The van der Waals surface area contributed by atoms with Gasteiger partial charge in [-0.1, -0.05) is 17.7 Å². The van der Waals surface area contributed by atoms with E-state index in [2.05, 4.69) is 0 Å². The van der Waals surface area contributed by atoms with E-state index in [1.807, 2.05) is 0 Å². The second-order valence-corrected chi connectivity index (χ2v) is 5.83. The van der Waals surface area contributed by atoms with Gasteiger partial charge in [0.25, 0.3) is 5.56 Å². The predicted molar refractivity (Wildman–Crippen MR) is 81.1 cm³/mol. The summed E-state index contributed by atoms with van der Waals surface area (Å²) in [7, 11) is 0. The molecule has 1 aromatic heterocycles. The summed E-state index contributed by atoms with van der Waals surface area (Å²) in [6, 6.07) is 7.64. The molecule has 1 aromatic carbocycles. The molecule has 1 heterocycles. The Morgan fingerprint density at radius 3 is 2.95 bits per heavy atom. The van der Waals surface area contributed by atoms with Crippen molar-refractivity contribution in [3.8, 4) is 0 Å². The van der Waals surface area contributed by atoms with Gasteiger partial charge in [0.2, 0.25) is 0 Å². The number of hydrogen-bond donors (Lipinski definition) is 1. The fraction of sp³-hybridized carbons (Fsp3) is 0.312. The van der Waals surface area contributed by atoms with Crippen LogP contribution in [0.1, 0.15) is 35.7 Å². The summed E-state index contributed by atoms with van der Waals surface area (Å²) in [5.41, 5.74) is 8.29. The zero-order valence-electron chi connectivity index (χ0n) is 11.5.